The average molecular weight is 387 g/mol. The lowest BCUT2D eigenvalue weighted by molar-refractivity contribution is -0.117. The predicted molar refractivity (Wildman–Crippen MR) is 101 cm³/mol. The zero-order valence-electron chi connectivity index (χ0n) is 13.6. The first-order valence-electron chi connectivity index (χ1n) is 7.48. The Labute approximate surface area is 155 Å². The number of benzene rings is 1. The zero-order chi connectivity index (χ0) is 18.7. The van der Waals surface area contributed by atoms with Crippen LogP contribution in [-0.2, 0) is 11.3 Å². The van der Waals surface area contributed by atoms with Crippen LogP contribution in [-0.4, -0.2) is 26.4 Å². The number of rotatable bonds is 5. The van der Waals surface area contributed by atoms with Crippen LogP contribution in [0.1, 0.15) is 5.69 Å². The normalized spacial score (nSPS) is 10.6. The topological polar surface area (TPSA) is 121 Å². The van der Waals surface area contributed by atoms with E-state index in [0.717, 1.165) is 14.6 Å². The van der Waals surface area contributed by atoms with Gasteiger partial charge in [0.15, 0.2) is 5.13 Å². The van der Waals surface area contributed by atoms with Crippen molar-refractivity contribution in [3.8, 4) is 6.07 Å². The number of hydrogen-bond donors (Lipinski definition) is 2. The maximum absolute atomic E-state index is 12.4. The molecule has 0 fully saturated rings. The van der Waals surface area contributed by atoms with Crippen LogP contribution in [0.25, 0.3) is 10.8 Å². The fourth-order valence-electron chi connectivity index (χ4n) is 2.33. The minimum atomic E-state index is -0.483. The second kappa shape index (κ2) is 7.55. The molecule has 0 spiro atoms. The molecule has 0 saturated heterocycles. The van der Waals surface area contributed by atoms with Crippen LogP contribution in [0.5, 0.6) is 0 Å². The molecule has 132 valence electrons. The Balaban J connectivity index is 1.80. The molecule has 0 radical (unpaired) electrons. The molecule has 10 heteroatoms. The first kappa shape index (κ1) is 17.9. The fraction of sp³-hybridized carbons (Fsp3) is 0.188. The molecule has 0 aliphatic carbocycles. The lowest BCUT2D eigenvalue weighted by Crippen LogP contribution is -2.34. The van der Waals surface area contributed by atoms with Crippen LogP contribution >= 0.6 is 23.1 Å². The van der Waals surface area contributed by atoms with E-state index < -0.39 is 17.0 Å². The van der Waals surface area contributed by atoms with Crippen molar-refractivity contribution in [3.05, 3.63) is 50.7 Å². The van der Waals surface area contributed by atoms with Gasteiger partial charge in [-0.2, -0.15) is 5.26 Å². The zero-order valence-corrected chi connectivity index (χ0v) is 15.2. The number of nitriles is 1. The number of H-pyrrole nitrogens is 1. The summed E-state index contributed by atoms with van der Waals surface area (Å²) in [5, 5.41) is 14.6. The van der Waals surface area contributed by atoms with Gasteiger partial charge in [0.1, 0.15) is 6.54 Å². The summed E-state index contributed by atoms with van der Waals surface area (Å²) in [6.07, 6.45) is 0. The van der Waals surface area contributed by atoms with Crippen LogP contribution in [0, 0.1) is 18.3 Å². The molecule has 0 unspecified atom stereocenters. The van der Waals surface area contributed by atoms with E-state index in [1.54, 1.807) is 31.2 Å². The maximum Gasteiger partial charge on any atom is 0.273 e. The Bertz CT molecular complexity index is 1140. The number of nitrogens with zero attached hydrogens (tertiary/aromatic N) is 3. The monoisotopic (exact) mass is 387 g/mol. The summed E-state index contributed by atoms with van der Waals surface area (Å²) < 4.78 is 1.82. The average Bonchev–Trinajstić information content (AvgIpc) is 2.96. The van der Waals surface area contributed by atoms with E-state index in [9.17, 15) is 14.4 Å². The highest BCUT2D eigenvalue weighted by Gasteiger charge is 2.13. The minimum Gasteiger partial charge on any atom is -0.300 e. The second-order valence-corrected chi connectivity index (χ2v) is 7.51. The van der Waals surface area contributed by atoms with Gasteiger partial charge in [-0.05, 0) is 19.1 Å². The van der Waals surface area contributed by atoms with Crippen molar-refractivity contribution in [1.82, 2.24) is 14.8 Å². The van der Waals surface area contributed by atoms with Gasteiger partial charge in [0.25, 0.3) is 11.1 Å². The van der Waals surface area contributed by atoms with Gasteiger partial charge >= 0.3 is 0 Å². The van der Waals surface area contributed by atoms with Gasteiger partial charge in [-0.15, -0.1) is 0 Å². The molecule has 2 N–H and O–H groups in total. The number of thioether (sulfide) groups is 1. The summed E-state index contributed by atoms with van der Waals surface area (Å²) in [6.45, 7) is 1.45. The summed E-state index contributed by atoms with van der Waals surface area (Å²) in [7, 11) is 0. The number of nitrogens with one attached hydrogen (secondary N) is 2. The first-order chi connectivity index (χ1) is 12.5. The highest BCUT2D eigenvalue weighted by Crippen LogP contribution is 2.31. The first-order valence-corrected chi connectivity index (χ1v) is 9.28. The number of hydrogen-bond acceptors (Lipinski definition) is 7. The Morgan fingerprint density at radius 1 is 1.38 bits per heavy atom. The van der Waals surface area contributed by atoms with Crippen LogP contribution in [0.3, 0.4) is 0 Å². The molecule has 2 aromatic heterocycles. The third kappa shape index (κ3) is 3.68. The van der Waals surface area contributed by atoms with E-state index in [1.165, 1.54) is 23.1 Å². The van der Waals surface area contributed by atoms with Crippen molar-refractivity contribution in [2.45, 2.75) is 17.7 Å². The SMILES string of the molecule is Cc1nc(NC(=O)Cn2[nH]c(=O)c3ccccc3c2=O)sc1SCC#N. The number of aromatic nitrogens is 3. The molecule has 0 aliphatic heterocycles. The Morgan fingerprint density at radius 3 is 2.85 bits per heavy atom. The molecule has 0 atom stereocenters. The van der Waals surface area contributed by atoms with E-state index >= 15 is 0 Å². The predicted octanol–water partition coefficient (Wildman–Crippen LogP) is 1.71. The highest BCUT2D eigenvalue weighted by molar-refractivity contribution is 8.01. The fourth-order valence-corrected chi connectivity index (χ4v) is 4.14. The maximum atomic E-state index is 12.4. The molecular weight excluding hydrogens is 374 g/mol. The molecule has 3 rings (SSSR count). The summed E-state index contributed by atoms with van der Waals surface area (Å²) in [5.41, 5.74) is -0.161. The molecule has 8 nitrogen and oxygen atoms in total. The number of fused-ring (bicyclic) bond motifs is 1. The number of aryl methyl sites for hydroxylation is 1. The van der Waals surface area contributed by atoms with Gasteiger partial charge in [0, 0.05) is 0 Å². The summed E-state index contributed by atoms with van der Waals surface area (Å²) in [4.78, 5) is 40.9. The van der Waals surface area contributed by atoms with E-state index in [0.29, 0.717) is 10.9 Å². The van der Waals surface area contributed by atoms with Gasteiger partial charge in [-0.1, -0.05) is 35.2 Å². The van der Waals surface area contributed by atoms with E-state index in [1.807, 2.05) is 6.07 Å². The van der Waals surface area contributed by atoms with E-state index in [4.69, 9.17) is 5.26 Å². The van der Waals surface area contributed by atoms with Crippen LogP contribution in [0.4, 0.5) is 5.13 Å². The largest absolute Gasteiger partial charge is 0.300 e. The van der Waals surface area contributed by atoms with Gasteiger partial charge in [-0.3, -0.25) is 19.5 Å². The van der Waals surface area contributed by atoms with Crippen LogP contribution in [0.2, 0.25) is 0 Å². The molecule has 0 bridgehead atoms. The van der Waals surface area contributed by atoms with Crippen molar-refractivity contribution in [1.29, 1.82) is 5.26 Å². The van der Waals surface area contributed by atoms with Crippen molar-refractivity contribution >= 4 is 44.9 Å². The number of anilines is 1. The van der Waals surface area contributed by atoms with Gasteiger partial charge in [0.2, 0.25) is 5.91 Å². The number of aromatic amines is 1. The number of amides is 1. The summed E-state index contributed by atoms with van der Waals surface area (Å²) in [5.74, 6) is -0.187. The minimum absolute atomic E-state index is 0.254. The van der Waals surface area contributed by atoms with E-state index in [-0.39, 0.29) is 17.3 Å². The highest BCUT2D eigenvalue weighted by atomic mass is 32.2. The molecule has 1 aromatic carbocycles. The van der Waals surface area contributed by atoms with Gasteiger partial charge in [0.05, 0.1) is 32.5 Å². The summed E-state index contributed by atoms with van der Waals surface area (Å²) >= 11 is 2.60. The quantitative estimate of drug-likeness (QED) is 0.643. The number of carbonyl (C=O) groups excluding carboxylic acids is 1. The lowest BCUT2D eigenvalue weighted by atomic mass is 10.2. The number of thiazole rings is 1. The van der Waals surface area contributed by atoms with Crippen LogP contribution < -0.4 is 16.4 Å². The molecule has 2 heterocycles. The standard InChI is InChI=1S/C16H13N5O3S2/c1-9-15(25-7-6-17)26-16(18-9)19-12(22)8-21-14(24)11-5-3-2-4-10(11)13(23)20-21/h2-5H,7-8H2,1H3,(H,20,23)(H,18,19,22). The van der Waals surface area contributed by atoms with Crippen molar-refractivity contribution in [2.75, 3.05) is 11.1 Å². The Kier molecular flexibility index (Phi) is 5.20. The van der Waals surface area contributed by atoms with Crippen molar-refractivity contribution in [2.24, 2.45) is 0 Å². The van der Waals surface area contributed by atoms with E-state index in [2.05, 4.69) is 15.4 Å². The Morgan fingerprint density at radius 2 is 2.12 bits per heavy atom. The van der Waals surface area contributed by atoms with Crippen molar-refractivity contribution < 1.29 is 4.79 Å². The summed E-state index contributed by atoms with van der Waals surface area (Å²) in [6, 6.07) is 8.46. The Hall–Kier alpha value is -2.90. The van der Waals surface area contributed by atoms with Crippen molar-refractivity contribution in [3.63, 3.8) is 0 Å². The van der Waals surface area contributed by atoms with Gasteiger partial charge < -0.3 is 5.32 Å². The lowest BCUT2D eigenvalue weighted by Gasteiger charge is -2.06. The van der Waals surface area contributed by atoms with Gasteiger partial charge in [-0.25, -0.2) is 9.67 Å². The molecule has 0 aliphatic rings. The molecular formula is C16H13N5O3S2. The number of carbonyl (C=O) groups is 1. The molecule has 0 saturated carbocycles. The second-order valence-electron chi connectivity index (χ2n) is 5.26. The van der Waals surface area contributed by atoms with Crippen LogP contribution in [0.15, 0.2) is 38.1 Å². The molecule has 26 heavy (non-hydrogen) atoms. The third-order valence-corrected chi connectivity index (χ3v) is 5.76. The molecule has 1 amide bonds. The third-order valence-electron chi connectivity index (χ3n) is 3.45. The smallest absolute Gasteiger partial charge is 0.273 e. The molecule has 3 aromatic rings.